The molecule has 0 bridgehead atoms. The fourth-order valence-corrected chi connectivity index (χ4v) is 3.13. The van der Waals surface area contributed by atoms with Crippen molar-refractivity contribution in [1.29, 1.82) is 0 Å². The summed E-state index contributed by atoms with van der Waals surface area (Å²) in [7, 11) is 1.35. The van der Waals surface area contributed by atoms with E-state index >= 15 is 0 Å². The lowest BCUT2D eigenvalue weighted by Gasteiger charge is -2.23. The quantitative estimate of drug-likeness (QED) is 0.803. The van der Waals surface area contributed by atoms with E-state index in [4.69, 9.17) is 9.47 Å². The molecule has 138 valence electrons. The zero-order valence-electron chi connectivity index (χ0n) is 14.9. The number of pyridine rings is 1. The van der Waals surface area contributed by atoms with E-state index in [0.717, 1.165) is 38.2 Å². The van der Waals surface area contributed by atoms with E-state index in [1.165, 1.54) is 7.11 Å². The van der Waals surface area contributed by atoms with Crippen LogP contribution in [0.4, 0.5) is 0 Å². The van der Waals surface area contributed by atoms with Crippen LogP contribution in [0.25, 0.3) is 11.1 Å². The van der Waals surface area contributed by atoms with Crippen molar-refractivity contribution < 1.29 is 14.3 Å². The summed E-state index contributed by atoms with van der Waals surface area (Å²) in [6.45, 7) is 2.96. The van der Waals surface area contributed by atoms with E-state index in [1.807, 2.05) is 6.07 Å². The van der Waals surface area contributed by atoms with Crippen molar-refractivity contribution in [3.8, 4) is 11.1 Å². The number of nitrogens with one attached hydrogen (secondary N) is 1. The number of aromatic nitrogens is 1. The summed E-state index contributed by atoms with van der Waals surface area (Å²) in [5.41, 5.74) is 1.84. The Labute approximate surface area is 152 Å². The van der Waals surface area contributed by atoms with Crippen molar-refractivity contribution in [2.75, 3.05) is 26.9 Å². The van der Waals surface area contributed by atoms with Gasteiger partial charge in [0.2, 0.25) is 0 Å². The van der Waals surface area contributed by atoms with Gasteiger partial charge in [-0.1, -0.05) is 12.1 Å². The molecular weight excluding hydrogens is 332 g/mol. The number of esters is 1. The van der Waals surface area contributed by atoms with Gasteiger partial charge in [-0.25, -0.2) is 4.79 Å². The highest BCUT2D eigenvalue weighted by atomic mass is 16.5. The molecule has 0 spiro atoms. The second-order valence-electron chi connectivity index (χ2n) is 6.33. The Morgan fingerprint density at radius 1 is 1.23 bits per heavy atom. The molecule has 1 fully saturated rings. The molecule has 0 radical (unpaired) electrons. The van der Waals surface area contributed by atoms with Gasteiger partial charge in [-0.2, -0.15) is 0 Å². The van der Waals surface area contributed by atoms with Crippen LogP contribution in [0.3, 0.4) is 0 Å². The lowest BCUT2D eigenvalue weighted by Crippen LogP contribution is -2.37. The molecule has 6 heteroatoms. The van der Waals surface area contributed by atoms with E-state index in [-0.39, 0.29) is 11.5 Å². The van der Waals surface area contributed by atoms with Crippen LogP contribution in [-0.4, -0.2) is 43.4 Å². The predicted molar refractivity (Wildman–Crippen MR) is 99.3 cm³/mol. The Balaban J connectivity index is 1.68. The fourth-order valence-electron chi connectivity index (χ4n) is 3.13. The Morgan fingerprint density at radius 3 is 2.65 bits per heavy atom. The van der Waals surface area contributed by atoms with Gasteiger partial charge in [0.1, 0.15) is 0 Å². The smallest absolute Gasteiger partial charge is 0.337 e. The van der Waals surface area contributed by atoms with Gasteiger partial charge in [0.15, 0.2) is 0 Å². The predicted octanol–water partition coefficient (Wildman–Crippen LogP) is 2.07. The van der Waals surface area contributed by atoms with E-state index in [0.29, 0.717) is 23.7 Å². The first-order valence-corrected chi connectivity index (χ1v) is 8.88. The molecule has 0 aliphatic carbocycles. The molecule has 0 amide bonds. The number of carbonyl (C=O) groups excluding carboxylic acids is 1. The first-order chi connectivity index (χ1) is 12.7. The number of hydrogen-bond donors (Lipinski definition) is 1. The van der Waals surface area contributed by atoms with Gasteiger partial charge < -0.3 is 19.4 Å². The van der Waals surface area contributed by atoms with Gasteiger partial charge in [0, 0.05) is 44.1 Å². The zero-order chi connectivity index (χ0) is 18.4. The summed E-state index contributed by atoms with van der Waals surface area (Å²) in [6, 6.07) is 11.0. The third-order valence-corrected chi connectivity index (χ3v) is 4.64. The number of nitrogens with zero attached hydrogens (tertiary/aromatic N) is 1. The summed E-state index contributed by atoms with van der Waals surface area (Å²) >= 11 is 0. The summed E-state index contributed by atoms with van der Waals surface area (Å²) < 4.78 is 11.8. The number of ether oxygens (including phenoxy) is 2. The van der Waals surface area contributed by atoms with Crippen molar-refractivity contribution in [2.24, 2.45) is 0 Å². The third kappa shape index (κ3) is 4.39. The largest absolute Gasteiger partial charge is 0.465 e. The summed E-state index contributed by atoms with van der Waals surface area (Å²) in [5.74, 6) is -0.388. The monoisotopic (exact) mass is 356 g/mol. The van der Waals surface area contributed by atoms with Crippen LogP contribution < -0.4 is 10.9 Å². The van der Waals surface area contributed by atoms with E-state index in [9.17, 15) is 9.59 Å². The molecule has 1 saturated heterocycles. The van der Waals surface area contributed by atoms with E-state index in [1.54, 1.807) is 41.1 Å². The molecule has 2 heterocycles. The second kappa shape index (κ2) is 8.78. The summed E-state index contributed by atoms with van der Waals surface area (Å²) in [6.07, 6.45) is 3.84. The summed E-state index contributed by atoms with van der Waals surface area (Å²) in [5, 5.41) is 3.49. The maximum absolute atomic E-state index is 12.8. The normalized spacial score (nSPS) is 15.0. The highest BCUT2D eigenvalue weighted by Crippen LogP contribution is 2.16. The molecule has 26 heavy (non-hydrogen) atoms. The Hall–Kier alpha value is -2.44. The lowest BCUT2D eigenvalue weighted by atomic mass is 10.1. The van der Waals surface area contributed by atoms with Gasteiger partial charge in [-0.15, -0.1) is 0 Å². The molecule has 0 atom stereocenters. The topological polar surface area (TPSA) is 69.6 Å². The highest BCUT2D eigenvalue weighted by Gasteiger charge is 2.13. The number of methoxy groups -OCH3 is 1. The van der Waals surface area contributed by atoms with Gasteiger partial charge in [0.25, 0.3) is 5.56 Å². The lowest BCUT2D eigenvalue weighted by molar-refractivity contribution is 0.0600. The molecule has 6 nitrogen and oxygen atoms in total. The van der Waals surface area contributed by atoms with Crippen LogP contribution >= 0.6 is 0 Å². The molecule has 1 aromatic heterocycles. The van der Waals surface area contributed by atoms with Crippen LogP contribution in [0.1, 0.15) is 23.2 Å². The average molecular weight is 356 g/mol. The second-order valence-corrected chi connectivity index (χ2v) is 6.33. The minimum atomic E-state index is -0.388. The molecule has 1 aliphatic heterocycles. The molecule has 1 aliphatic rings. The van der Waals surface area contributed by atoms with E-state index in [2.05, 4.69) is 5.32 Å². The van der Waals surface area contributed by atoms with Crippen LogP contribution in [-0.2, 0) is 16.0 Å². The standard InChI is InChI=1S/C20H24N2O4/c1-25-20(24)16-6-4-15(5-7-16)18-3-2-11-22(19(18)23)12-10-21-17-8-13-26-14-9-17/h2-7,11,17,21H,8-10,12-14H2,1H3. The van der Waals surface area contributed by atoms with E-state index < -0.39 is 0 Å². The Kier molecular flexibility index (Phi) is 6.20. The Morgan fingerprint density at radius 2 is 1.96 bits per heavy atom. The molecule has 1 N–H and O–H groups in total. The van der Waals surface area contributed by atoms with Crippen LogP contribution in [0, 0.1) is 0 Å². The van der Waals surface area contributed by atoms with Gasteiger partial charge in [-0.3, -0.25) is 4.79 Å². The van der Waals surface area contributed by atoms with Crippen molar-refractivity contribution in [3.63, 3.8) is 0 Å². The zero-order valence-corrected chi connectivity index (χ0v) is 14.9. The number of carbonyl (C=O) groups is 1. The minimum absolute atomic E-state index is 0.0351. The maximum atomic E-state index is 12.8. The molecule has 3 rings (SSSR count). The number of hydrogen-bond acceptors (Lipinski definition) is 5. The van der Waals surface area contributed by atoms with Crippen LogP contribution in [0.15, 0.2) is 47.4 Å². The first kappa shape index (κ1) is 18.4. The van der Waals surface area contributed by atoms with Crippen molar-refractivity contribution in [2.45, 2.75) is 25.4 Å². The van der Waals surface area contributed by atoms with Gasteiger partial charge >= 0.3 is 5.97 Å². The molecule has 1 aromatic carbocycles. The van der Waals surface area contributed by atoms with Crippen LogP contribution in [0.5, 0.6) is 0 Å². The van der Waals surface area contributed by atoms with Crippen molar-refractivity contribution in [3.05, 3.63) is 58.5 Å². The van der Waals surface area contributed by atoms with Crippen molar-refractivity contribution >= 4 is 5.97 Å². The first-order valence-electron chi connectivity index (χ1n) is 8.88. The maximum Gasteiger partial charge on any atom is 0.337 e. The fraction of sp³-hybridized carbons (Fsp3) is 0.400. The van der Waals surface area contributed by atoms with Crippen molar-refractivity contribution in [1.82, 2.24) is 9.88 Å². The molecule has 2 aromatic rings. The third-order valence-electron chi connectivity index (χ3n) is 4.64. The highest BCUT2D eigenvalue weighted by molar-refractivity contribution is 5.89. The molecule has 0 saturated carbocycles. The average Bonchev–Trinajstić information content (AvgIpc) is 2.70. The SMILES string of the molecule is COC(=O)c1ccc(-c2cccn(CCNC3CCOCC3)c2=O)cc1. The molecule has 0 unspecified atom stereocenters. The number of rotatable bonds is 6. The van der Waals surface area contributed by atoms with Gasteiger partial charge in [0.05, 0.1) is 12.7 Å². The Bertz CT molecular complexity index is 792. The minimum Gasteiger partial charge on any atom is -0.465 e. The summed E-state index contributed by atoms with van der Waals surface area (Å²) in [4.78, 5) is 24.3. The number of benzene rings is 1. The van der Waals surface area contributed by atoms with Gasteiger partial charge in [-0.05, 0) is 42.7 Å². The van der Waals surface area contributed by atoms with Crippen LogP contribution in [0.2, 0.25) is 0 Å². The molecular formula is C20H24N2O4.